The molecule has 3 aromatic heterocycles. The lowest BCUT2D eigenvalue weighted by atomic mass is 10.0. The number of likely N-dealkylation sites (N-methyl/N-ethyl adjacent to an activating group) is 1. The first kappa shape index (κ1) is 31.1. The SMILES string of the molecule is COc1ccc(-c2nc3ccccn3c2-c2ccnc(Nc3cccc(OCCN(C)C)c3)n2)cc1C(=O)Nc1c(F)cccc1F. The molecule has 10 nitrogen and oxygen atoms in total. The van der Waals surface area contributed by atoms with Crippen LogP contribution in [-0.4, -0.2) is 64.5 Å². The van der Waals surface area contributed by atoms with Gasteiger partial charge in [0.25, 0.3) is 5.91 Å². The molecule has 47 heavy (non-hydrogen) atoms. The number of rotatable bonds is 11. The molecule has 0 saturated carbocycles. The third kappa shape index (κ3) is 6.87. The summed E-state index contributed by atoms with van der Waals surface area (Å²) >= 11 is 0. The van der Waals surface area contributed by atoms with Gasteiger partial charge in [0, 0.05) is 36.3 Å². The number of amides is 1. The van der Waals surface area contributed by atoms with Gasteiger partial charge in [0.05, 0.1) is 29.8 Å². The molecule has 3 aromatic carbocycles. The van der Waals surface area contributed by atoms with Crippen LogP contribution in [0.25, 0.3) is 28.3 Å². The molecule has 0 bridgehead atoms. The van der Waals surface area contributed by atoms with Crippen LogP contribution in [0.3, 0.4) is 0 Å². The predicted octanol–water partition coefficient (Wildman–Crippen LogP) is 6.68. The number of aromatic nitrogens is 4. The topological polar surface area (TPSA) is 106 Å². The first-order chi connectivity index (χ1) is 22.8. The lowest BCUT2D eigenvalue weighted by Gasteiger charge is -2.13. The maximum absolute atomic E-state index is 14.4. The van der Waals surface area contributed by atoms with Crippen molar-refractivity contribution in [3.05, 3.63) is 115 Å². The van der Waals surface area contributed by atoms with Gasteiger partial charge in [-0.25, -0.2) is 23.7 Å². The highest BCUT2D eigenvalue weighted by molar-refractivity contribution is 6.07. The molecular weight excluding hydrogens is 604 g/mol. The number of carbonyl (C=O) groups excluding carboxylic acids is 1. The number of hydrogen-bond acceptors (Lipinski definition) is 8. The van der Waals surface area contributed by atoms with Crippen LogP contribution in [0.2, 0.25) is 0 Å². The molecule has 0 unspecified atom stereocenters. The maximum Gasteiger partial charge on any atom is 0.259 e. The Balaban J connectivity index is 1.36. The smallest absolute Gasteiger partial charge is 0.259 e. The molecule has 0 fully saturated rings. The third-order valence-corrected chi connectivity index (χ3v) is 7.24. The van der Waals surface area contributed by atoms with Crippen molar-refractivity contribution in [1.29, 1.82) is 0 Å². The van der Waals surface area contributed by atoms with Gasteiger partial charge >= 0.3 is 0 Å². The van der Waals surface area contributed by atoms with E-state index in [-0.39, 0.29) is 11.3 Å². The molecule has 12 heteroatoms. The number of nitrogens with one attached hydrogen (secondary N) is 2. The standard InChI is InChI=1S/C35H31F2N7O3/c1-43(2)18-19-47-24-9-6-8-23(21-24)39-35-38-16-15-28(40-35)33-31(41-30-12-4-5-17-44(30)33)22-13-14-29(46-3)25(20-22)34(45)42-32-26(36)10-7-11-27(32)37/h4-17,20-21H,18-19H2,1-3H3,(H,42,45)(H,38,39,40). The predicted molar refractivity (Wildman–Crippen MR) is 176 cm³/mol. The van der Waals surface area contributed by atoms with Gasteiger partial charge < -0.3 is 25.0 Å². The van der Waals surface area contributed by atoms with Crippen LogP contribution in [0.4, 0.5) is 26.1 Å². The van der Waals surface area contributed by atoms with E-state index in [2.05, 4.69) is 15.6 Å². The van der Waals surface area contributed by atoms with Gasteiger partial charge in [-0.3, -0.25) is 9.20 Å². The Kier molecular flexibility index (Phi) is 9.02. The largest absolute Gasteiger partial charge is 0.496 e. The Morgan fingerprint density at radius 3 is 2.53 bits per heavy atom. The summed E-state index contributed by atoms with van der Waals surface area (Å²) in [5, 5.41) is 5.59. The Morgan fingerprint density at radius 2 is 1.74 bits per heavy atom. The number of anilines is 3. The van der Waals surface area contributed by atoms with Crippen molar-refractivity contribution in [2.24, 2.45) is 0 Å². The fraction of sp³-hybridized carbons (Fsp3) is 0.143. The summed E-state index contributed by atoms with van der Waals surface area (Å²) in [6.45, 7) is 1.34. The zero-order valence-electron chi connectivity index (χ0n) is 25.9. The average Bonchev–Trinajstić information content (AvgIpc) is 3.46. The van der Waals surface area contributed by atoms with Crippen LogP contribution in [0.15, 0.2) is 97.3 Å². The number of halogens is 2. The van der Waals surface area contributed by atoms with Crippen molar-refractivity contribution in [2.75, 3.05) is 45.0 Å². The number of pyridine rings is 1. The van der Waals surface area contributed by atoms with Crippen LogP contribution in [0.5, 0.6) is 11.5 Å². The summed E-state index contributed by atoms with van der Waals surface area (Å²) in [4.78, 5) is 29.5. The second-order valence-corrected chi connectivity index (χ2v) is 10.8. The van der Waals surface area contributed by atoms with E-state index in [1.165, 1.54) is 13.2 Å². The highest BCUT2D eigenvalue weighted by Crippen LogP contribution is 2.35. The molecule has 1 amide bonds. The molecule has 0 aliphatic heterocycles. The number of ether oxygens (including phenoxy) is 2. The molecule has 2 N–H and O–H groups in total. The molecule has 3 heterocycles. The third-order valence-electron chi connectivity index (χ3n) is 7.24. The number of nitrogens with zero attached hydrogens (tertiary/aromatic N) is 5. The second-order valence-electron chi connectivity index (χ2n) is 10.8. The number of benzene rings is 3. The Hall–Kier alpha value is -5.88. The summed E-state index contributed by atoms with van der Waals surface area (Å²) in [7, 11) is 5.39. The van der Waals surface area contributed by atoms with E-state index in [0.717, 1.165) is 24.4 Å². The zero-order valence-corrected chi connectivity index (χ0v) is 25.9. The maximum atomic E-state index is 14.4. The summed E-state index contributed by atoms with van der Waals surface area (Å²) in [6, 6.07) is 23.2. The average molecular weight is 636 g/mol. The van der Waals surface area contributed by atoms with E-state index in [4.69, 9.17) is 19.4 Å². The Bertz CT molecular complexity index is 2050. The lowest BCUT2D eigenvalue weighted by Crippen LogP contribution is -2.19. The Morgan fingerprint density at radius 1 is 0.936 bits per heavy atom. The van der Waals surface area contributed by atoms with Gasteiger partial charge in [-0.2, -0.15) is 0 Å². The summed E-state index contributed by atoms with van der Waals surface area (Å²) in [6.07, 6.45) is 3.51. The molecule has 0 spiro atoms. The van der Waals surface area contributed by atoms with Gasteiger partial charge in [0.15, 0.2) is 0 Å². The normalized spacial score (nSPS) is 11.1. The lowest BCUT2D eigenvalue weighted by molar-refractivity contribution is 0.102. The molecule has 6 aromatic rings. The molecule has 6 rings (SSSR count). The number of methoxy groups -OCH3 is 1. The monoisotopic (exact) mass is 635 g/mol. The van der Waals surface area contributed by atoms with Crippen LogP contribution in [0, 0.1) is 11.6 Å². The number of carbonyl (C=O) groups is 1. The number of imidazole rings is 1. The molecule has 238 valence electrons. The van der Waals surface area contributed by atoms with Crippen molar-refractivity contribution in [2.45, 2.75) is 0 Å². The van der Waals surface area contributed by atoms with Gasteiger partial charge in [0.2, 0.25) is 5.95 Å². The summed E-state index contributed by atoms with van der Waals surface area (Å²) in [5.74, 6) is -1.25. The van der Waals surface area contributed by atoms with E-state index in [0.29, 0.717) is 46.6 Å². The fourth-order valence-corrected chi connectivity index (χ4v) is 4.96. The van der Waals surface area contributed by atoms with Crippen LogP contribution in [0.1, 0.15) is 10.4 Å². The highest BCUT2D eigenvalue weighted by atomic mass is 19.1. The van der Waals surface area contributed by atoms with Crippen molar-refractivity contribution in [3.63, 3.8) is 0 Å². The van der Waals surface area contributed by atoms with Crippen molar-refractivity contribution < 1.29 is 23.0 Å². The van der Waals surface area contributed by atoms with Crippen molar-refractivity contribution in [1.82, 2.24) is 24.3 Å². The van der Waals surface area contributed by atoms with Gasteiger partial charge in [-0.05, 0) is 74.8 Å². The van der Waals surface area contributed by atoms with E-state index < -0.39 is 23.2 Å². The van der Waals surface area contributed by atoms with Gasteiger partial charge in [0.1, 0.15) is 41.1 Å². The molecule has 0 radical (unpaired) electrons. The second kappa shape index (κ2) is 13.6. The van der Waals surface area contributed by atoms with Crippen LogP contribution in [-0.2, 0) is 0 Å². The molecule has 0 aliphatic rings. The zero-order chi connectivity index (χ0) is 32.9. The first-order valence-corrected chi connectivity index (χ1v) is 14.7. The molecule has 0 atom stereocenters. The van der Waals surface area contributed by atoms with E-state index in [1.54, 1.807) is 30.5 Å². The minimum atomic E-state index is -0.895. The van der Waals surface area contributed by atoms with Crippen molar-refractivity contribution >= 4 is 28.9 Å². The number of fused-ring (bicyclic) bond motifs is 1. The number of para-hydroxylation sites is 1. The summed E-state index contributed by atoms with van der Waals surface area (Å²) < 4.78 is 41.9. The first-order valence-electron chi connectivity index (χ1n) is 14.7. The molecular formula is C35H31F2N7O3. The molecule has 0 aliphatic carbocycles. The number of hydrogen-bond donors (Lipinski definition) is 2. The van der Waals surface area contributed by atoms with Crippen LogP contribution < -0.4 is 20.1 Å². The van der Waals surface area contributed by atoms with Crippen LogP contribution >= 0.6 is 0 Å². The quantitative estimate of drug-likeness (QED) is 0.162. The van der Waals surface area contributed by atoms with E-state index in [1.807, 2.05) is 72.1 Å². The highest BCUT2D eigenvalue weighted by Gasteiger charge is 2.22. The van der Waals surface area contributed by atoms with Crippen molar-refractivity contribution in [3.8, 4) is 34.1 Å². The molecule has 0 saturated heterocycles. The summed E-state index contributed by atoms with van der Waals surface area (Å²) in [5.41, 5.74) is 3.18. The van der Waals surface area contributed by atoms with E-state index in [9.17, 15) is 13.6 Å². The van der Waals surface area contributed by atoms with E-state index >= 15 is 0 Å². The van der Waals surface area contributed by atoms with Gasteiger partial charge in [-0.1, -0.05) is 18.2 Å². The Labute approximate surface area is 269 Å². The minimum absolute atomic E-state index is 0.0633. The van der Waals surface area contributed by atoms with Gasteiger partial charge in [-0.15, -0.1) is 0 Å². The fourth-order valence-electron chi connectivity index (χ4n) is 4.96. The minimum Gasteiger partial charge on any atom is -0.496 e.